The number of amides is 1. The number of nitrogens with zero attached hydrogens (tertiary/aromatic N) is 1. The van der Waals surface area contributed by atoms with Crippen LogP contribution >= 0.6 is 0 Å². The molecule has 0 aliphatic heterocycles. The van der Waals surface area contributed by atoms with Gasteiger partial charge in [0.2, 0.25) is 0 Å². The topological polar surface area (TPSA) is 41.5 Å². The van der Waals surface area contributed by atoms with Gasteiger partial charge in [-0.05, 0) is 83.8 Å². The Morgan fingerprint density at radius 2 is 1.38 bits per heavy atom. The second kappa shape index (κ2) is 11.4. The van der Waals surface area contributed by atoms with Crippen LogP contribution in [0.2, 0.25) is 0 Å². The first kappa shape index (κ1) is 20.9. The Balaban J connectivity index is 0.000000412. The van der Waals surface area contributed by atoms with Crippen LogP contribution in [0.5, 0.6) is 0 Å². The van der Waals surface area contributed by atoms with Gasteiger partial charge in [-0.2, -0.15) is 5.10 Å². The number of carbonyl (C=O) groups excluding carboxylic acids is 1. The largest absolute Gasteiger partial charge is 2.00 e. The molecule has 2 aliphatic rings. The van der Waals surface area contributed by atoms with E-state index in [0.29, 0.717) is 5.56 Å². The molecule has 0 unspecified atom stereocenters. The quantitative estimate of drug-likeness (QED) is 0.500. The van der Waals surface area contributed by atoms with Gasteiger partial charge in [-0.25, -0.2) is 5.43 Å². The fraction of sp³-hybridized carbons (Fsp3) is 0.100. The molecule has 0 atom stereocenters. The van der Waals surface area contributed by atoms with E-state index in [1.54, 1.807) is 12.1 Å². The molecule has 0 saturated heterocycles. The maximum atomic E-state index is 11.8. The number of carbonyl (C=O) groups is 1. The molecule has 24 heavy (non-hydrogen) atoms. The van der Waals surface area contributed by atoms with Crippen LogP contribution in [0, 0.1) is 70.6 Å². The Bertz CT molecular complexity index is 507. The second-order valence-electron chi connectivity index (χ2n) is 5.14. The molecule has 2 saturated carbocycles. The van der Waals surface area contributed by atoms with E-state index in [2.05, 4.69) is 10.5 Å². The van der Waals surface area contributed by atoms with Crippen LogP contribution in [0.1, 0.15) is 22.8 Å². The Labute approximate surface area is 157 Å². The molecule has 1 aromatic rings. The predicted octanol–water partition coefficient (Wildman–Crippen LogP) is 3.52. The van der Waals surface area contributed by atoms with Gasteiger partial charge < -0.3 is 0 Å². The summed E-state index contributed by atoms with van der Waals surface area (Å²) in [5.74, 6) is 0.820. The van der Waals surface area contributed by atoms with Gasteiger partial charge in [0.05, 0.1) is 0 Å². The van der Waals surface area contributed by atoms with Crippen molar-refractivity contribution in [2.45, 2.75) is 13.8 Å². The van der Waals surface area contributed by atoms with Crippen molar-refractivity contribution in [1.29, 1.82) is 0 Å². The molecule has 122 valence electrons. The average molecular weight is 360 g/mol. The minimum Gasteiger partial charge on any atom is -0.267 e. The van der Waals surface area contributed by atoms with E-state index in [-0.39, 0.29) is 23.0 Å². The summed E-state index contributed by atoms with van der Waals surface area (Å²) in [5, 5.41) is 4.08. The molecule has 2 fully saturated rings. The third-order valence-corrected chi connectivity index (χ3v) is 3.27. The molecule has 1 amide bonds. The first-order valence-electron chi connectivity index (χ1n) is 7.47. The van der Waals surface area contributed by atoms with E-state index in [1.807, 2.05) is 83.8 Å². The van der Waals surface area contributed by atoms with Gasteiger partial charge in [0.25, 0.3) is 5.91 Å². The number of hydrazone groups is 1. The summed E-state index contributed by atoms with van der Waals surface area (Å²) in [5.41, 5.74) is 5.09. The summed E-state index contributed by atoms with van der Waals surface area (Å²) in [6.45, 7) is 3.85. The first-order valence-corrected chi connectivity index (χ1v) is 7.47. The van der Waals surface area contributed by atoms with Crippen LogP contribution in [-0.4, -0.2) is 11.6 Å². The fourth-order valence-corrected chi connectivity index (χ4v) is 1.90. The van der Waals surface area contributed by atoms with Crippen molar-refractivity contribution in [1.82, 2.24) is 5.43 Å². The first-order chi connectivity index (χ1) is 11.2. The molecule has 3 nitrogen and oxygen atoms in total. The number of nitrogens with one attached hydrogen (secondary N) is 1. The van der Waals surface area contributed by atoms with Crippen LogP contribution in [0.4, 0.5) is 0 Å². The number of hydrogen-bond acceptors (Lipinski definition) is 2. The van der Waals surface area contributed by atoms with Crippen molar-refractivity contribution >= 4 is 11.6 Å². The summed E-state index contributed by atoms with van der Waals surface area (Å²) in [6, 6.07) is 7.39. The molecule has 10 radical (unpaired) electrons. The predicted molar refractivity (Wildman–Crippen MR) is 93.7 cm³/mol. The number of benzene rings is 1. The standard InChI is InChI=1S/C15H15N2O.C5H5.Fe/c1-11-7-9-14(10-8-11)15(18)17-16-12(2)13-5-3-4-6-13;1-2-4-5-3-1;/h3-10H,1-2H3,(H,17,18);1-5H;/q;;+2/b16-12-;;. The van der Waals surface area contributed by atoms with Gasteiger partial charge in [0, 0.05) is 17.2 Å². The van der Waals surface area contributed by atoms with Crippen molar-refractivity contribution in [2.75, 3.05) is 0 Å². The third-order valence-electron chi connectivity index (χ3n) is 3.27. The summed E-state index contributed by atoms with van der Waals surface area (Å²) in [6.07, 6.45) is 17.8. The van der Waals surface area contributed by atoms with Crippen molar-refractivity contribution in [3.8, 4) is 0 Å². The normalized spacial score (nSPS) is 17.7. The molecule has 0 spiro atoms. The van der Waals surface area contributed by atoms with E-state index >= 15 is 0 Å². The maximum absolute atomic E-state index is 11.8. The molecule has 4 heteroatoms. The zero-order valence-electron chi connectivity index (χ0n) is 13.7. The van der Waals surface area contributed by atoms with E-state index in [0.717, 1.165) is 17.2 Å². The minimum atomic E-state index is -0.194. The molecular weight excluding hydrogens is 340 g/mol. The molecule has 1 aromatic carbocycles. The zero-order chi connectivity index (χ0) is 16.5. The van der Waals surface area contributed by atoms with Crippen molar-refractivity contribution in [3.05, 3.63) is 99.1 Å². The monoisotopic (exact) mass is 360 g/mol. The van der Waals surface area contributed by atoms with Gasteiger partial charge in [-0.1, -0.05) is 17.7 Å². The van der Waals surface area contributed by atoms with Gasteiger partial charge in [-0.3, -0.25) is 4.79 Å². The molecule has 2 aliphatic carbocycles. The third kappa shape index (κ3) is 7.19. The molecule has 0 heterocycles. The van der Waals surface area contributed by atoms with Crippen molar-refractivity contribution in [2.24, 2.45) is 5.10 Å². The van der Waals surface area contributed by atoms with Gasteiger partial charge >= 0.3 is 17.1 Å². The van der Waals surface area contributed by atoms with E-state index in [1.165, 1.54) is 0 Å². The molecule has 0 aromatic heterocycles. The number of hydrogen-bond donors (Lipinski definition) is 1. The fourth-order valence-electron chi connectivity index (χ4n) is 1.90. The van der Waals surface area contributed by atoms with E-state index in [9.17, 15) is 4.79 Å². The molecule has 0 bridgehead atoms. The van der Waals surface area contributed by atoms with Crippen LogP contribution in [-0.2, 0) is 17.1 Å². The van der Waals surface area contributed by atoms with Crippen LogP contribution in [0.15, 0.2) is 29.4 Å². The van der Waals surface area contributed by atoms with Gasteiger partial charge in [-0.15, -0.1) is 0 Å². The molecule has 3 rings (SSSR count). The Hall–Kier alpha value is -1.12. The Morgan fingerprint density at radius 1 is 0.875 bits per heavy atom. The number of rotatable bonds is 3. The van der Waals surface area contributed by atoms with Crippen molar-refractivity contribution in [3.63, 3.8) is 0 Å². The van der Waals surface area contributed by atoms with Crippen LogP contribution < -0.4 is 5.43 Å². The van der Waals surface area contributed by atoms with Crippen LogP contribution in [0.25, 0.3) is 0 Å². The maximum Gasteiger partial charge on any atom is 2.00 e. The minimum absolute atomic E-state index is 0. The van der Waals surface area contributed by atoms with Crippen LogP contribution in [0.3, 0.4) is 0 Å². The Kier molecular flexibility index (Phi) is 9.97. The SMILES string of the molecule is C/C(=N/NC(=O)c1ccc(C)cc1)[C]1[CH][CH][CH][CH]1.[CH]1[CH][CH][CH][CH]1.[Fe+2]. The summed E-state index contributed by atoms with van der Waals surface area (Å²) < 4.78 is 0. The van der Waals surface area contributed by atoms with Gasteiger partial charge in [0.1, 0.15) is 0 Å². The zero-order valence-corrected chi connectivity index (χ0v) is 14.8. The van der Waals surface area contributed by atoms with E-state index in [4.69, 9.17) is 0 Å². The second-order valence-corrected chi connectivity index (χ2v) is 5.14. The van der Waals surface area contributed by atoms with Gasteiger partial charge in [0.15, 0.2) is 0 Å². The van der Waals surface area contributed by atoms with Crippen molar-refractivity contribution < 1.29 is 21.9 Å². The smallest absolute Gasteiger partial charge is 0.267 e. The Morgan fingerprint density at radius 3 is 1.88 bits per heavy atom. The summed E-state index contributed by atoms with van der Waals surface area (Å²) >= 11 is 0. The summed E-state index contributed by atoms with van der Waals surface area (Å²) in [7, 11) is 0. The van der Waals surface area contributed by atoms with E-state index < -0.39 is 0 Å². The molecule has 1 N–H and O–H groups in total. The summed E-state index contributed by atoms with van der Waals surface area (Å²) in [4.78, 5) is 11.8. The average Bonchev–Trinajstić information content (AvgIpc) is 3.28. The number of aryl methyl sites for hydroxylation is 1. The molecular formula is C20H20FeN2O+2.